The lowest BCUT2D eigenvalue weighted by Gasteiger charge is -2.16. The Hall–Kier alpha value is -1.80. The van der Waals surface area contributed by atoms with Gasteiger partial charge in [-0.05, 0) is 31.2 Å². The van der Waals surface area contributed by atoms with E-state index in [1.807, 2.05) is 0 Å². The van der Waals surface area contributed by atoms with E-state index in [2.05, 4.69) is 15.9 Å². The van der Waals surface area contributed by atoms with E-state index in [0.717, 1.165) is 4.47 Å². The zero-order chi connectivity index (χ0) is 17.5. The lowest BCUT2D eigenvalue weighted by Crippen LogP contribution is -2.29. The summed E-state index contributed by atoms with van der Waals surface area (Å²) in [5.74, 6) is -0.828. The second-order valence-electron chi connectivity index (χ2n) is 4.71. The number of nitrogens with zero attached hydrogens (tertiary/aromatic N) is 1. The van der Waals surface area contributed by atoms with Crippen LogP contribution in [-0.4, -0.2) is 48.3 Å². The minimum Gasteiger partial charge on any atom is -0.463 e. The molecule has 0 aliphatic carbocycles. The molecule has 1 aliphatic heterocycles. The summed E-state index contributed by atoms with van der Waals surface area (Å²) in [6.07, 6.45) is 1.29. The molecule has 0 spiro atoms. The first-order valence-corrected chi connectivity index (χ1v) is 9.03. The highest BCUT2D eigenvalue weighted by molar-refractivity contribution is 9.10. The normalized spacial score (nSPS) is 15.7. The quantitative estimate of drug-likeness (QED) is 0.527. The summed E-state index contributed by atoms with van der Waals surface area (Å²) in [6, 6.07) is 6.79. The first-order valence-electron chi connectivity index (χ1n) is 7.25. The van der Waals surface area contributed by atoms with E-state index in [-0.39, 0.29) is 31.4 Å². The average molecular weight is 414 g/mol. The fourth-order valence-corrected chi connectivity index (χ4v) is 3.17. The number of carbonyl (C=O) groups excluding carboxylic acids is 3. The predicted octanol–water partition coefficient (Wildman–Crippen LogP) is 2.59. The van der Waals surface area contributed by atoms with Gasteiger partial charge in [-0.15, -0.1) is 0 Å². The zero-order valence-electron chi connectivity index (χ0n) is 13.0. The summed E-state index contributed by atoms with van der Waals surface area (Å²) in [6.45, 7) is 2.22. The Morgan fingerprint density at radius 2 is 2.00 bits per heavy atom. The molecule has 1 amide bonds. The van der Waals surface area contributed by atoms with E-state index in [9.17, 15) is 14.4 Å². The first kappa shape index (κ1) is 18.5. The van der Waals surface area contributed by atoms with Crippen LogP contribution in [0.2, 0.25) is 0 Å². The molecule has 1 aromatic rings. The van der Waals surface area contributed by atoms with Crippen LogP contribution in [0.1, 0.15) is 17.3 Å². The molecule has 1 fully saturated rings. The van der Waals surface area contributed by atoms with Crippen molar-refractivity contribution in [2.24, 2.45) is 0 Å². The molecule has 0 N–H and O–H groups in total. The highest BCUT2D eigenvalue weighted by Crippen LogP contribution is 2.28. The Balaban J connectivity index is 1.89. The maximum atomic E-state index is 11.9. The highest BCUT2D eigenvalue weighted by atomic mass is 79.9. The molecule has 1 aromatic carbocycles. The van der Waals surface area contributed by atoms with Gasteiger partial charge in [-0.2, -0.15) is 0 Å². The van der Waals surface area contributed by atoms with Crippen LogP contribution >= 0.6 is 27.7 Å². The Bertz CT molecular complexity index is 659. The van der Waals surface area contributed by atoms with Gasteiger partial charge in [0.2, 0.25) is 5.91 Å². The SMILES string of the molecule is CCOC(=O)/C=C1\SCC(=O)N1CCOC(=O)c1ccc(Br)cc1. The van der Waals surface area contributed by atoms with Crippen LogP contribution < -0.4 is 0 Å². The summed E-state index contributed by atoms with van der Waals surface area (Å²) >= 11 is 4.55. The summed E-state index contributed by atoms with van der Waals surface area (Å²) in [5.41, 5.74) is 0.433. The fraction of sp³-hybridized carbons (Fsp3) is 0.312. The van der Waals surface area contributed by atoms with Crippen LogP contribution in [0.25, 0.3) is 0 Å². The summed E-state index contributed by atoms with van der Waals surface area (Å²) in [7, 11) is 0. The van der Waals surface area contributed by atoms with Crippen LogP contribution in [0.4, 0.5) is 0 Å². The fourth-order valence-electron chi connectivity index (χ4n) is 1.95. The average Bonchev–Trinajstić information content (AvgIpc) is 2.88. The van der Waals surface area contributed by atoms with Crippen LogP contribution in [0, 0.1) is 0 Å². The second kappa shape index (κ2) is 8.89. The number of thioether (sulfide) groups is 1. The van der Waals surface area contributed by atoms with Gasteiger partial charge in [0.1, 0.15) is 6.61 Å². The van der Waals surface area contributed by atoms with E-state index >= 15 is 0 Å². The van der Waals surface area contributed by atoms with Gasteiger partial charge in [-0.3, -0.25) is 4.79 Å². The third kappa shape index (κ3) is 5.10. The van der Waals surface area contributed by atoms with Gasteiger partial charge in [-0.1, -0.05) is 27.7 Å². The molecule has 2 rings (SSSR count). The Kier molecular flexibility index (Phi) is 6.86. The Morgan fingerprint density at radius 1 is 1.29 bits per heavy atom. The molecule has 0 radical (unpaired) electrons. The van der Waals surface area contributed by atoms with E-state index in [0.29, 0.717) is 10.6 Å². The van der Waals surface area contributed by atoms with Crippen molar-refractivity contribution in [3.63, 3.8) is 0 Å². The van der Waals surface area contributed by atoms with Crippen molar-refractivity contribution in [2.75, 3.05) is 25.5 Å². The number of benzene rings is 1. The minimum absolute atomic E-state index is 0.0430. The lowest BCUT2D eigenvalue weighted by molar-refractivity contribution is -0.137. The molecule has 128 valence electrons. The van der Waals surface area contributed by atoms with Crippen LogP contribution in [-0.2, 0) is 19.1 Å². The number of carbonyl (C=O) groups is 3. The zero-order valence-corrected chi connectivity index (χ0v) is 15.4. The van der Waals surface area contributed by atoms with E-state index in [4.69, 9.17) is 9.47 Å². The number of hydrogen-bond acceptors (Lipinski definition) is 6. The summed E-state index contributed by atoms with van der Waals surface area (Å²) in [5, 5.41) is 0.512. The topological polar surface area (TPSA) is 72.9 Å². The molecule has 6 nitrogen and oxygen atoms in total. The number of hydrogen-bond donors (Lipinski definition) is 0. The van der Waals surface area contributed by atoms with Gasteiger partial charge in [0, 0.05) is 4.47 Å². The number of rotatable bonds is 6. The number of ether oxygens (including phenoxy) is 2. The van der Waals surface area contributed by atoms with Gasteiger partial charge in [0.15, 0.2) is 0 Å². The van der Waals surface area contributed by atoms with Crippen molar-refractivity contribution in [3.8, 4) is 0 Å². The third-order valence-electron chi connectivity index (χ3n) is 3.07. The third-order valence-corrected chi connectivity index (χ3v) is 4.62. The van der Waals surface area contributed by atoms with E-state index in [1.54, 1.807) is 31.2 Å². The molecule has 1 heterocycles. The van der Waals surface area contributed by atoms with Gasteiger partial charge < -0.3 is 14.4 Å². The molecule has 24 heavy (non-hydrogen) atoms. The number of esters is 2. The first-order chi connectivity index (χ1) is 11.5. The molecule has 8 heteroatoms. The van der Waals surface area contributed by atoms with Crippen LogP contribution in [0.3, 0.4) is 0 Å². The van der Waals surface area contributed by atoms with Gasteiger partial charge in [0.25, 0.3) is 0 Å². The maximum absolute atomic E-state index is 11.9. The number of amides is 1. The van der Waals surface area contributed by atoms with E-state index in [1.165, 1.54) is 22.7 Å². The van der Waals surface area contributed by atoms with Crippen molar-refractivity contribution in [3.05, 3.63) is 45.4 Å². The molecular weight excluding hydrogens is 398 g/mol. The minimum atomic E-state index is -0.494. The van der Waals surface area contributed by atoms with Crippen molar-refractivity contribution in [1.29, 1.82) is 0 Å². The van der Waals surface area contributed by atoms with Crippen LogP contribution in [0.5, 0.6) is 0 Å². The van der Waals surface area contributed by atoms with Crippen molar-refractivity contribution < 1.29 is 23.9 Å². The molecule has 0 aromatic heterocycles. The van der Waals surface area contributed by atoms with Gasteiger partial charge in [-0.25, -0.2) is 9.59 Å². The monoisotopic (exact) mass is 413 g/mol. The molecule has 1 saturated heterocycles. The molecule has 0 saturated carbocycles. The van der Waals surface area contributed by atoms with Gasteiger partial charge >= 0.3 is 11.9 Å². The Morgan fingerprint density at radius 3 is 2.67 bits per heavy atom. The van der Waals surface area contributed by atoms with Gasteiger partial charge in [0.05, 0.1) is 35.6 Å². The smallest absolute Gasteiger partial charge is 0.338 e. The predicted molar refractivity (Wildman–Crippen MR) is 93.3 cm³/mol. The van der Waals surface area contributed by atoms with Crippen molar-refractivity contribution in [1.82, 2.24) is 4.90 Å². The molecule has 1 aliphatic rings. The lowest BCUT2D eigenvalue weighted by atomic mass is 10.2. The Labute approximate surface area is 152 Å². The highest BCUT2D eigenvalue weighted by Gasteiger charge is 2.27. The number of halogens is 1. The van der Waals surface area contributed by atoms with E-state index < -0.39 is 11.9 Å². The standard InChI is InChI=1S/C16H16BrNO5S/c1-2-22-15(20)9-14-18(13(19)10-24-14)7-8-23-16(21)11-3-5-12(17)6-4-11/h3-6,9H,2,7-8,10H2,1H3/b14-9-. The van der Waals surface area contributed by atoms with Crippen LogP contribution in [0.15, 0.2) is 39.8 Å². The second-order valence-corrected chi connectivity index (χ2v) is 6.62. The maximum Gasteiger partial charge on any atom is 0.338 e. The van der Waals surface area contributed by atoms with Crippen molar-refractivity contribution in [2.45, 2.75) is 6.92 Å². The molecule has 0 unspecified atom stereocenters. The molecular formula is C16H16BrNO5S. The summed E-state index contributed by atoms with van der Waals surface area (Å²) < 4.78 is 10.9. The largest absolute Gasteiger partial charge is 0.463 e. The molecule has 0 bridgehead atoms. The summed E-state index contributed by atoms with van der Waals surface area (Å²) in [4.78, 5) is 36.7. The van der Waals surface area contributed by atoms with Crippen molar-refractivity contribution >= 4 is 45.5 Å². The molecule has 0 atom stereocenters.